The fourth-order valence-electron chi connectivity index (χ4n) is 4.50. The third kappa shape index (κ3) is 5.38. The number of aromatic nitrogens is 5. The fourth-order valence-corrected chi connectivity index (χ4v) is 4.50. The summed E-state index contributed by atoms with van der Waals surface area (Å²) in [7, 11) is 1.64. The molecule has 1 aromatic carbocycles. The van der Waals surface area contributed by atoms with Gasteiger partial charge in [-0.05, 0) is 42.8 Å². The van der Waals surface area contributed by atoms with Gasteiger partial charge in [-0.3, -0.25) is 4.90 Å². The summed E-state index contributed by atoms with van der Waals surface area (Å²) in [5.74, 6) is 0.722. The summed E-state index contributed by atoms with van der Waals surface area (Å²) in [6.45, 7) is 4.29. The first kappa shape index (κ1) is 25.4. The fraction of sp³-hybridized carbons (Fsp3) is 0.346. The molecule has 1 saturated heterocycles. The molecule has 5 rings (SSSR count). The number of nitriles is 1. The van der Waals surface area contributed by atoms with E-state index in [0.717, 1.165) is 44.6 Å². The number of piperazine rings is 1. The van der Waals surface area contributed by atoms with Crippen LogP contribution in [0, 0.1) is 11.3 Å². The van der Waals surface area contributed by atoms with Gasteiger partial charge in [0.05, 0.1) is 23.4 Å². The van der Waals surface area contributed by atoms with Crippen molar-refractivity contribution in [3.8, 4) is 23.1 Å². The minimum absolute atomic E-state index is 0.000324. The van der Waals surface area contributed by atoms with Gasteiger partial charge < -0.3 is 9.64 Å². The summed E-state index contributed by atoms with van der Waals surface area (Å²) in [5, 5.41) is 17.2. The topological polar surface area (TPSA) is 96.0 Å². The highest BCUT2D eigenvalue weighted by atomic mass is 19.4. The number of ether oxygens (including phenoxy) is 1. The molecule has 4 aromatic rings. The van der Waals surface area contributed by atoms with E-state index in [1.807, 2.05) is 24.3 Å². The van der Waals surface area contributed by atoms with Gasteiger partial charge in [-0.15, -0.1) is 5.10 Å². The van der Waals surface area contributed by atoms with Crippen LogP contribution in [0.4, 0.5) is 19.0 Å². The van der Waals surface area contributed by atoms with E-state index < -0.39 is 11.7 Å². The van der Waals surface area contributed by atoms with E-state index in [0.29, 0.717) is 17.5 Å². The van der Waals surface area contributed by atoms with Crippen LogP contribution in [0.25, 0.3) is 22.3 Å². The number of nitrogens with zero attached hydrogens (tertiary/aromatic N) is 8. The number of anilines is 1. The predicted molar refractivity (Wildman–Crippen MR) is 134 cm³/mol. The van der Waals surface area contributed by atoms with Crippen molar-refractivity contribution in [3.05, 3.63) is 59.9 Å². The lowest BCUT2D eigenvalue weighted by Gasteiger charge is -2.35. The minimum atomic E-state index is -4.62. The lowest BCUT2D eigenvalue weighted by Crippen LogP contribution is -2.47. The molecule has 196 valence electrons. The molecule has 3 aromatic heterocycles. The van der Waals surface area contributed by atoms with E-state index in [4.69, 9.17) is 4.74 Å². The summed E-state index contributed by atoms with van der Waals surface area (Å²) in [6, 6.07) is 13.2. The standard InChI is InChI=1S/C26H25F3N8O/c1-35-22-16-20(32-21(17-30)25(22)33-34-35)18-6-7-23(19(15-18)26(27,28)29)38-14-4-9-36-10-12-37(13-11-36)24-5-2-3-8-31-24/h2-3,5-8,15-16H,4,9-14H2,1H3. The van der Waals surface area contributed by atoms with Crippen molar-refractivity contribution in [1.29, 1.82) is 5.26 Å². The summed E-state index contributed by atoms with van der Waals surface area (Å²) in [4.78, 5) is 13.1. The van der Waals surface area contributed by atoms with Gasteiger partial charge in [0, 0.05) is 51.5 Å². The van der Waals surface area contributed by atoms with Crippen molar-refractivity contribution in [2.45, 2.75) is 12.6 Å². The largest absolute Gasteiger partial charge is 0.493 e. The van der Waals surface area contributed by atoms with E-state index in [9.17, 15) is 18.4 Å². The molecule has 1 fully saturated rings. The Labute approximate surface area is 217 Å². The monoisotopic (exact) mass is 522 g/mol. The third-order valence-corrected chi connectivity index (χ3v) is 6.51. The predicted octanol–water partition coefficient (Wildman–Crippen LogP) is 3.91. The second-order valence-electron chi connectivity index (χ2n) is 8.98. The molecule has 1 aliphatic heterocycles. The zero-order chi connectivity index (χ0) is 26.7. The number of hydrogen-bond acceptors (Lipinski definition) is 8. The molecule has 1 aliphatic rings. The highest BCUT2D eigenvalue weighted by molar-refractivity contribution is 5.83. The Kier molecular flexibility index (Phi) is 7.11. The van der Waals surface area contributed by atoms with Crippen LogP contribution >= 0.6 is 0 Å². The Morgan fingerprint density at radius 2 is 1.89 bits per heavy atom. The van der Waals surface area contributed by atoms with E-state index in [1.54, 1.807) is 19.3 Å². The molecular weight excluding hydrogens is 497 g/mol. The highest BCUT2D eigenvalue weighted by Crippen LogP contribution is 2.39. The first-order valence-corrected chi connectivity index (χ1v) is 12.2. The molecule has 4 heterocycles. The molecule has 0 saturated carbocycles. The number of halogens is 3. The smallest absolute Gasteiger partial charge is 0.419 e. The molecule has 0 unspecified atom stereocenters. The van der Waals surface area contributed by atoms with Gasteiger partial charge in [0.25, 0.3) is 0 Å². The Morgan fingerprint density at radius 1 is 1.08 bits per heavy atom. The van der Waals surface area contributed by atoms with Crippen LogP contribution in [0.2, 0.25) is 0 Å². The first-order chi connectivity index (χ1) is 18.3. The van der Waals surface area contributed by atoms with E-state index in [2.05, 4.69) is 30.1 Å². The SMILES string of the molecule is Cn1nnc2c(C#N)nc(-c3ccc(OCCCN4CCN(c5ccccn5)CC4)c(C(F)(F)F)c3)cc21. The molecule has 9 nitrogen and oxygen atoms in total. The Hall–Kier alpha value is -4.24. The number of fused-ring (bicyclic) bond motifs is 1. The van der Waals surface area contributed by atoms with Gasteiger partial charge in [-0.25, -0.2) is 14.6 Å². The molecule has 0 aliphatic carbocycles. The molecular formula is C26H25F3N8O. The van der Waals surface area contributed by atoms with Crippen LogP contribution in [0.5, 0.6) is 5.75 Å². The number of pyridine rings is 2. The van der Waals surface area contributed by atoms with Crippen molar-refractivity contribution >= 4 is 16.9 Å². The Bertz CT molecular complexity index is 1460. The van der Waals surface area contributed by atoms with Crippen molar-refractivity contribution < 1.29 is 17.9 Å². The minimum Gasteiger partial charge on any atom is -0.493 e. The van der Waals surface area contributed by atoms with E-state index in [1.165, 1.54) is 16.8 Å². The number of benzene rings is 1. The van der Waals surface area contributed by atoms with Gasteiger partial charge in [0.15, 0.2) is 5.69 Å². The van der Waals surface area contributed by atoms with Crippen LogP contribution in [-0.2, 0) is 13.2 Å². The molecule has 12 heteroatoms. The van der Waals surface area contributed by atoms with E-state index >= 15 is 0 Å². The third-order valence-electron chi connectivity index (χ3n) is 6.51. The second kappa shape index (κ2) is 10.6. The quantitative estimate of drug-likeness (QED) is 0.337. The van der Waals surface area contributed by atoms with Crippen LogP contribution in [0.15, 0.2) is 48.7 Å². The van der Waals surface area contributed by atoms with Gasteiger partial charge in [0.2, 0.25) is 0 Å². The highest BCUT2D eigenvalue weighted by Gasteiger charge is 2.35. The average Bonchev–Trinajstić information content (AvgIpc) is 3.31. The molecule has 0 radical (unpaired) electrons. The van der Waals surface area contributed by atoms with Crippen LogP contribution in [0.3, 0.4) is 0 Å². The van der Waals surface area contributed by atoms with Crippen molar-refractivity contribution in [1.82, 2.24) is 29.9 Å². The zero-order valence-corrected chi connectivity index (χ0v) is 20.7. The lowest BCUT2D eigenvalue weighted by molar-refractivity contribution is -0.138. The summed E-state index contributed by atoms with van der Waals surface area (Å²) < 4.78 is 48.9. The van der Waals surface area contributed by atoms with Gasteiger partial charge >= 0.3 is 6.18 Å². The van der Waals surface area contributed by atoms with E-state index in [-0.39, 0.29) is 29.3 Å². The van der Waals surface area contributed by atoms with Crippen molar-refractivity contribution in [2.24, 2.45) is 7.05 Å². The molecule has 0 spiro atoms. The second-order valence-corrected chi connectivity index (χ2v) is 8.98. The van der Waals surface area contributed by atoms with Gasteiger partial charge in [0.1, 0.15) is 23.2 Å². The van der Waals surface area contributed by atoms with Gasteiger partial charge in [-0.1, -0.05) is 11.3 Å². The van der Waals surface area contributed by atoms with Crippen LogP contribution in [-0.4, -0.2) is 69.2 Å². The molecule has 0 bridgehead atoms. The summed E-state index contributed by atoms with van der Waals surface area (Å²) in [5.41, 5.74) is 0.355. The molecule has 0 atom stereocenters. The number of aryl methyl sites for hydroxylation is 1. The molecule has 0 N–H and O–H groups in total. The molecule has 0 amide bonds. The maximum absolute atomic E-state index is 13.9. The zero-order valence-electron chi connectivity index (χ0n) is 20.7. The maximum Gasteiger partial charge on any atom is 0.419 e. The lowest BCUT2D eigenvalue weighted by atomic mass is 10.1. The van der Waals surface area contributed by atoms with Crippen molar-refractivity contribution in [2.75, 3.05) is 44.2 Å². The Morgan fingerprint density at radius 3 is 2.61 bits per heavy atom. The average molecular weight is 523 g/mol. The first-order valence-electron chi connectivity index (χ1n) is 12.2. The Balaban J connectivity index is 1.23. The van der Waals surface area contributed by atoms with Gasteiger partial charge in [-0.2, -0.15) is 18.4 Å². The van der Waals surface area contributed by atoms with Crippen LogP contribution in [0.1, 0.15) is 17.7 Å². The van der Waals surface area contributed by atoms with Crippen molar-refractivity contribution in [3.63, 3.8) is 0 Å². The summed E-state index contributed by atoms with van der Waals surface area (Å²) >= 11 is 0. The summed E-state index contributed by atoms with van der Waals surface area (Å²) in [6.07, 6.45) is -2.25. The normalized spacial score (nSPS) is 14.6. The number of hydrogen-bond donors (Lipinski definition) is 0. The number of rotatable bonds is 7. The maximum atomic E-state index is 13.9. The molecule has 38 heavy (non-hydrogen) atoms. The van der Waals surface area contributed by atoms with Crippen LogP contribution < -0.4 is 9.64 Å². The number of alkyl halides is 3.